The summed E-state index contributed by atoms with van der Waals surface area (Å²) in [6.45, 7) is 3.54. The van der Waals surface area contributed by atoms with E-state index in [0.29, 0.717) is 21.3 Å². The molecule has 24 heavy (non-hydrogen) atoms. The smallest absolute Gasteiger partial charge is 0.243 e. The van der Waals surface area contributed by atoms with Gasteiger partial charge < -0.3 is 10.6 Å². The third kappa shape index (κ3) is 4.49. The van der Waals surface area contributed by atoms with Crippen LogP contribution in [0, 0.1) is 13.8 Å². The zero-order valence-electron chi connectivity index (χ0n) is 13.6. The Hall–Kier alpha value is -2.05. The second-order valence-corrected chi connectivity index (χ2v) is 6.25. The van der Waals surface area contributed by atoms with Crippen molar-refractivity contribution in [2.24, 2.45) is 7.05 Å². The summed E-state index contributed by atoms with van der Waals surface area (Å²) in [5.74, 6) is -0.612. The minimum atomic E-state index is -0.315. The molecule has 1 heterocycles. The van der Waals surface area contributed by atoms with Gasteiger partial charge in [-0.15, -0.1) is 0 Å². The lowest BCUT2D eigenvalue weighted by Gasteiger charge is -2.08. The molecule has 0 saturated heterocycles. The molecule has 8 heteroatoms. The van der Waals surface area contributed by atoms with Crippen LogP contribution >= 0.6 is 23.2 Å². The van der Waals surface area contributed by atoms with Crippen LogP contribution < -0.4 is 10.6 Å². The molecule has 2 N–H and O–H groups in total. The van der Waals surface area contributed by atoms with Gasteiger partial charge in [0, 0.05) is 17.1 Å². The van der Waals surface area contributed by atoms with Crippen molar-refractivity contribution in [2.75, 3.05) is 11.9 Å². The van der Waals surface area contributed by atoms with Gasteiger partial charge in [-0.3, -0.25) is 14.3 Å². The lowest BCUT2D eigenvalue weighted by molar-refractivity contribution is -0.123. The van der Waals surface area contributed by atoms with E-state index in [1.165, 1.54) is 0 Å². The fourth-order valence-electron chi connectivity index (χ4n) is 2.22. The second-order valence-electron chi connectivity index (χ2n) is 5.41. The number of halogens is 2. The molecule has 2 rings (SSSR count). The average Bonchev–Trinajstić information content (AvgIpc) is 2.74. The number of nitrogens with one attached hydrogen (secondary N) is 2. The molecule has 0 unspecified atom stereocenters. The third-order valence-corrected chi connectivity index (χ3v) is 4.17. The lowest BCUT2D eigenvalue weighted by atomic mass is 10.1. The molecular formula is C16H18Cl2N4O2. The predicted octanol–water partition coefficient (Wildman–Crippen LogP) is 2.64. The van der Waals surface area contributed by atoms with Crippen LogP contribution in [-0.4, -0.2) is 28.1 Å². The summed E-state index contributed by atoms with van der Waals surface area (Å²) in [4.78, 5) is 23.9. The summed E-state index contributed by atoms with van der Waals surface area (Å²) in [6, 6.07) is 4.93. The van der Waals surface area contributed by atoms with E-state index in [2.05, 4.69) is 15.7 Å². The van der Waals surface area contributed by atoms with Crippen molar-refractivity contribution in [3.63, 3.8) is 0 Å². The van der Waals surface area contributed by atoms with Gasteiger partial charge in [0.2, 0.25) is 11.8 Å². The highest BCUT2D eigenvalue weighted by Gasteiger charge is 2.14. The van der Waals surface area contributed by atoms with Crippen LogP contribution in [0.15, 0.2) is 18.2 Å². The van der Waals surface area contributed by atoms with Gasteiger partial charge in [-0.05, 0) is 31.5 Å². The zero-order valence-corrected chi connectivity index (χ0v) is 15.1. The van der Waals surface area contributed by atoms with Crippen LogP contribution in [0.2, 0.25) is 10.0 Å². The van der Waals surface area contributed by atoms with Gasteiger partial charge in [-0.2, -0.15) is 5.10 Å². The quantitative estimate of drug-likeness (QED) is 0.851. The first-order valence-electron chi connectivity index (χ1n) is 7.28. The predicted molar refractivity (Wildman–Crippen MR) is 94.5 cm³/mol. The molecule has 0 radical (unpaired) electrons. The standard InChI is InChI=1S/C16H18Cl2N4O2/c1-9-16(10(2)22(3)21-9)20-15(24)8-19-14(23)6-11-4-5-12(17)7-13(11)18/h4-5,7H,6,8H2,1-3H3,(H,19,23)(H,20,24). The molecule has 6 nitrogen and oxygen atoms in total. The number of hydrogen-bond donors (Lipinski definition) is 2. The lowest BCUT2D eigenvalue weighted by Crippen LogP contribution is -2.34. The van der Waals surface area contributed by atoms with Crippen molar-refractivity contribution < 1.29 is 9.59 Å². The number of anilines is 1. The average molecular weight is 369 g/mol. The van der Waals surface area contributed by atoms with Gasteiger partial charge in [0.05, 0.1) is 30.0 Å². The Morgan fingerprint density at radius 2 is 1.92 bits per heavy atom. The van der Waals surface area contributed by atoms with E-state index in [1.54, 1.807) is 29.9 Å². The van der Waals surface area contributed by atoms with Crippen molar-refractivity contribution in [2.45, 2.75) is 20.3 Å². The normalized spacial score (nSPS) is 10.5. The van der Waals surface area contributed by atoms with Crippen LogP contribution in [-0.2, 0) is 23.1 Å². The van der Waals surface area contributed by atoms with Crippen LogP contribution in [0.4, 0.5) is 5.69 Å². The first kappa shape index (κ1) is 18.3. The van der Waals surface area contributed by atoms with E-state index in [1.807, 2.05) is 13.8 Å². The van der Waals surface area contributed by atoms with Crippen molar-refractivity contribution in [3.8, 4) is 0 Å². The SMILES string of the molecule is Cc1nn(C)c(C)c1NC(=O)CNC(=O)Cc1ccc(Cl)cc1Cl. The maximum atomic E-state index is 12.0. The minimum Gasteiger partial charge on any atom is -0.347 e. The van der Waals surface area contributed by atoms with Crippen molar-refractivity contribution in [3.05, 3.63) is 45.2 Å². The first-order chi connectivity index (χ1) is 11.3. The molecule has 0 aliphatic carbocycles. The first-order valence-corrected chi connectivity index (χ1v) is 8.04. The number of nitrogens with zero attached hydrogens (tertiary/aromatic N) is 2. The Kier molecular flexibility index (Phi) is 5.85. The Labute approximate surface area is 150 Å². The number of aryl methyl sites for hydroxylation is 2. The van der Waals surface area contributed by atoms with Crippen molar-refractivity contribution in [1.82, 2.24) is 15.1 Å². The topological polar surface area (TPSA) is 76.0 Å². The molecule has 0 saturated carbocycles. The summed E-state index contributed by atoms with van der Waals surface area (Å²) in [7, 11) is 1.80. The maximum absolute atomic E-state index is 12.0. The molecule has 0 atom stereocenters. The highest BCUT2D eigenvalue weighted by Crippen LogP contribution is 2.21. The largest absolute Gasteiger partial charge is 0.347 e. The monoisotopic (exact) mass is 368 g/mol. The third-order valence-electron chi connectivity index (χ3n) is 3.59. The molecule has 0 aliphatic rings. The van der Waals surface area contributed by atoms with Gasteiger partial charge in [0.1, 0.15) is 0 Å². The van der Waals surface area contributed by atoms with Gasteiger partial charge >= 0.3 is 0 Å². The summed E-state index contributed by atoms with van der Waals surface area (Å²) >= 11 is 11.8. The number of carbonyl (C=O) groups is 2. The van der Waals surface area contributed by atoms with E-state index in [-0.39, 0.29) is 24.8 Å². The molecule has 2 amide bonds. The van der Waals surface area contributed by atoms with Crippen LogP contribution in [0.25, 0.3) is 0 Å². The van der Waals surface area contributed by atoms with E-state index in [0.717, 1.165) is 11.4 Å². The Morgan fingerprint density at radius 1 is 1.21 bits per heavy atom. The second kappa shape index (κ2) is 7.68. The van der Waals surface area contributed by atoms with Gasteiger partial charge in [-0.1, -0.05) is 29.3 Å². The molecule has 0 aliphatic heterocycles. The number of aromatic nitrogens is 2. The summed E-state index contributed by atoms with van der Waals surface area (Å²) in [6.07, 6.45) is 0.0776. The molecule has 1 aromatic heterocycles. The number of benzene rings is 1. The fourth-order valence-corrected chi connectivity index (χ4v) is 2.69. The number of rotatable bonds is 5. The molecule has 1 aromatic carbocycles. The Balaban J connectivity index is 1.88. The highest BCUT2D eigenvalue weighted by atomic mass is 35.5. The number of hydrogen-bond acceptors (Lipinski definition) is 3. The van der Waals surface area contributed by atoms with Crippen molar-refractivity contribution >= 4 is 40.7 Å². The van der Waals surface area contributed by atoms with E-state index < -0.39 is 0 Å². The van der Waals surface area contributed by atoms with Crippen molar-refractivity contribution in [1.29, 1.82) is 0 Å². The summed E-state index contributed by atoms with van der Waals surface area (Å²) < 4.78 is 1.69. The summed E-state index contributed by atoms with van der Waals surface area (Å²) in [5.41, 5.74) is 2.89. The number of amides is 2. The summed E-state index contributed by atoms with van der Waals surface area (Å²) in [5, 5.41) is 10.5. The zero-order chi connectivity index (χ0) is 17.9. The molecule has 0 spiro atoms. The van der Waals surface area contributed by atoms with E-state index in [4.69, 9.17) is 23.2 Å². The Bertz CT molecular complexity index is 787. The van der Waals surface area contributed by atoms with Gasteiger partial charge in [0.15, 0.2) is 0 Å². The maximum Gasteiger partial charge on any atom is 0.243 e. The minimum absolute atomic E-state index is 0.0776. The van der Waals surface area contributed by atoms with Crippen LogP contribution in [0.1, 0.15) is 17.0 Å². The molecule has 128 valence electrons. The Morgan fingerprint density at radius 3 is 2.50 bits per heavy atom. The molecule has 2 aromatic rings. The van der Waals surface area contributed by atoms with Gasteiger partial charge in [0.25, 0.3) is 0 Å². The molecular weight excluding hydrogens is 351 g/mol. The van der Waals surface area contributed by atoms with E-state index >= 15 is 0 Å². The van der Waals surface area contributed by atoms with Crippen LogP contribution in [0.5, 0.6) is 0 Å². The van der Waals surface area contributed by atoms with Crippen LogP contribution in [0.3, 0.4) is 0 Å². The molecule has 0 fully saturated rings. The molecule has 0 bridgehead atoms. The van der Waals surface area contributed by atoms with E-state index in [9.17, 15) is 9.59 Å². The fraction of sp³-hybridized carbons (Fsp3) is 0.312. The number of carbonyl (C=O) groups excluding carboxylic acids is 2. The van der Waals surface area contributed by atoms with Gasteiger partial charge in [-0.25, -0.2) is 0 Å². The highest BCUT2D eigenvalue weighted by molar-refractivity contribution is 6.35.